The Bertz CT molecular complexity index is 311. The van der Waals surface area contributed by atoms with Gasteiger partial charge in [-0.3, -0.25) is 0 Å². The first-order valence-electron chi connectivity index (χ1n) is 3.79. The molecule has 0 aliphatic rings. The molecule has 0 amide bonds. The lowest BCUT2D eigenvalue weighted by Gasteiger charge is -2.00. The summed E-state index contributed by atoms with van der Waals surface area (Å²) < 4.78 is 1.11. The number of halogens is 1. The highest BCUT2D eigenvalue weighted by Gasteiger charge is 1.93. The molecule has 0 unspecified atom stereocenters. The van der Waals surface area contributed by atoms with Crippen LogP contribution in [0.3, 0.4) is 0 Å². The second-order valence-electron chi connectivity index (χ2n) is 2.60. The zero-order chi connectivity index (χ0) is 8.97. The number of allylic oxidation sites excluding steroid dienone is 3. The van der Waals surface area contributed by atoms with Crippen LogP contribution in [0.2, 0.25) is 0 Å². The molecule has 0 saturated heterocycles. The monoisotopic (exact) mass is 222 g/mol. The van der Waals surface area contributed by atoms with Crippen molar-refractivity contribution in [3.05, 3.63) is 53.0 Å². The molecule has 0 atom stereocenters. The smallest absolute Gasteiger partial charge is 0.0181 e. The van der Waals surface area contributed by atoms with Crippen LogP contribution >= 0.6 is 15.9 Å². The zero-order valence-electron chi connectivity index (χ0n) is 7.05. The summed E-state index contributed by atoms with van der Waals surface area (Å²) in [7, 11) is 0. The fraction of sp³-hybridized carbons (Fsp3) is 0.0909. The first kappa shape index (κ1) is 9.27. The molecule has 1 heteroatoms. The summed E-state index contributed by atoms with van der Waals surface area (Å²) in [5.74, 6) is 0. The van der Waals surface area contributed by atoms with Gasteiger partial charge in [0.2, 0.25) is 0 Å². The number of hydrogen-bond acceptors (Lipinski definition) is 0. The maximum absolute atomic E-state index is 3.66. The molecule has 0 nitrogen and oxygen atoms in total. The van der Waals surface area contributed by atoms with Crippen molar-refractivity contribution < 1.29 is 0 Å². The van der Waals surface area contributed by atoms with Crippen molar-refractivity contribution in [3.63, 3.8) is 0 Å². The van der Waals surface area contributed by atoms with Gasteiger partial charge in [0.1, 0.15) is 0 Å². The average molecular weight is 223 g/mol. The topological polar surface area (TPSA) is 0 Å². The maximum Gasteiger partial charge on any atom is 0.0181 e. The molecule has 0 radical (unpaired) electrons. The zero-order valence-corrected chi connectivity index (χ0v) is 8.64. The molecular formula is C11H11Br. The van der Waals surface area contributed by atoms with E-state index in [4.69, 9.17) is 0 Å². The van der Waals surface area contributed by atoms with Crippen LogP contribution in [-0.4, -0.2) is 0 Å². The minimum absolute atomic E-state index is 1.11. The molecule has 62 valence electrons. The molecule has 0 aromatic heterocycles. The Labute approximate surface area is 81.7 Å². The van der Waals surface area contributed by atoms with E-state index in [-0.39, 0.29) is 0 Å². The third-order valence-corrected chi connectivity index (χ3v) is 2.14. The van der Waals surface area contributed by atoms with Crippen LogP contribution in [0, 0.1) is 0 Å². The quantitative estimate of drug-likeness (QED) is 0.663. The lowest BCUT2D eigenvalue weighted by atomic mass is 10.1. The van der Waals surface area contributed by atoms with E-state index < -0.39 is 0 Å². The van der Waals surface area contributed by atoms with Gasteiger partial charge in [0.25, 0.3) is 0 Å². The molecule has 0 spiro atoms. The molecule has 0 heterocycles. The summed E-state index contributed by atoms with van der Waals surface area (Å²) in [5.41, 5.74) is 2.45. The summed E-state index contributed by atoms with van der Waals surface area (Å²) >= 11 is 3.43. The van der Waals surface area contributed by atoms with Crippen LogP contribution in [0.15, 0.2) is 47.5 Å². The highest BCUT2D eigenvalue weighted by Crippen LogP contribution is 2.18. The van der Waals surface area contributed by atoms with E-state index in [0.717, 1.165) is 4.47 Å². The molecule has 0 fully saturated rings. The summed E-state index contributed by atoms with van der Waals surface area (Å²) in [6.07, 6.45) is 3.80. The van der Waals surface area contributed by atoms with Gasteiger partial charge in [-0.25, -0.2) is 0 Å². The fourth-order valence-corrected chi connectivity index (χ4v) is 1.41. The van der Waals surface area contributed by atoms with Crippen molar-refractivity contribution >= 4 is 21.5 Å². The van der Waals surface area contributed by atoms with Crippen LogP contribution < -0.4 is 0 Å². The third kappa shape index (κ3) is 2.35. The van der Waals surface area contributed by atoms with E-state index in [1.165, 1.54) is 11.1 Å². The normalized spacial score (nSPS) is 11.3. The lowest BCUT2D eigenvalue weighted by Crippen LogP contribution is -1.77. The van der Waals surface area contributed by atoms with Crippen molar-refractivity contribution in [2.24, 2.45) is 0 Å². The predicted molar refractivity (Wildman–Crippen MR) is 58.0 cm³/mol. The maximum atomic E-state index is 3.66. The second-order valence-corrected chi connectivity index (χ2v) is 3.51. The fourth-order valence-electron chi connectivity index (χ4n) is 1.01. The molecule has 0 N–H and O–H groups in total. The van der Waals surface area contributed by atoms with Crippen molar-refractivity contribution in [1.29, 1.82) is 0 Å². The molecule has 0 aliphatic heterocycles. The predicted octanol–water partition coefficient (Wildman–Crippen LogP) is 4.04. The van der Waals surface area contributed by atoms with E-state index in [0.29, 0.717) is 0 Å². The first-order valence-corrected chi connectivity index (χ1v) is 4.58. The molecule has 1 rings (SSSR count). The van der Waals surface area contributed by atoms with Crippen molar-refractivity contribution in [3.8, 4) is 0 Å². The number of benzene rings is 1. The summed E-state index contributed by atoms with van der Waals surface area (Å²) in [6, 6.07) is 8.22. The minimum atomic E-state index is 1.11. The Morgan fingerprint density at radius 2 is 2.25 bits per heavy atom. The Morgan fingerprint density at radius 1 is 1.50 bits per heavy atom. The van der Waals surface area contributed by atoms with Crippen LogP contribution in [0.4, 0.5) is 0 Å². The summed E-state index contributed by atoms with van der Waals surface area (Å²) in [6.45, 7) is 5.73. The lowest BCUT2D eigenvalue weighted by molar-refractivity contribution is 1.54. The van der Waals surface area contributed by atoms with E-state index in [2.05, 4.69) is 41.6 Å². The van der Waals surface area contributed by atoms with E-state index in [1.54, 1.807) is 6.08 Å². The van der Waals surface area contributed by atoms with Gasteiger partial charge in [0.15, 0.2) is 0 Å². The highest BCUT2D eigenvalue weighted by molar-refractivity contribution is 9.10. The van der Waals surface area contributed by atoms with Crippen LogP contribution in [-0.2, 0) is 0 Å². The largest absolute Gasteiger partial charge is 0.0991 e. The molecule has 0 aliphatic carbocycles. The molecule has 1 aromatic carbocycles. The van der Waals surface area contributed by atoms with Gasteiger partial charge < -0.3 is 0 Å². The standard InChI is InChI=1S/C11H11Br/c1-3-5-9(2)10-6-4-7-11(12)8-10/h3-8H,1H2,2H3. The average Bonchev–Trinajstić information content (AvgIpc) is 2.05. The van der Waals surface area contributed by atoms with Gasteiger partial charge in [-0.2, -0.15) is 0 Å². The summed E-state index contributed by atoms with van der Waals surface area (Å²) in [5, 5.41) is 0. The Balaban J connectivity index is 3.03. The second kappa shape index (κ2) is 4.27. The minimum Gasteiger partial charge on any atom is -0.0991 e. The van der Waals surface area contributed by atoms with Crippen molar-refractivity contribution in [2.45, 2.75) is 6.92 Å². The van der Waals surface area contributed by atoms with Gasteiger partial charge in [0, 0.05) is 4.47 Å². The van der Waals surface area contributed by atoms with E-state index >= 15 is 0 Å². The van der Waals surface area contributed by atoms with Gasteiger partial charge in [-0.15, -0.1) is 0 Å². The Hall–Kier alpha value is -0.820. The number of hydrogen-bond donors (Lipinski definition) is 0. The molecule has 0 saturated carbocycles. The molecule has 12 heavy (non-hydrogen) atoms. The highest BCUT2D eigenvalue weighted by atomic mass is 79.9. The molecule has 0 bridgehead atoms. The van der Waals surface area contributed by atoms with E-state index in [1.807, 2.05) is 18.2 Å². The third-order valence-electron chi connectivity index (χ3n) is 1.65. The molecular weight excluding hydrogens is 212 g/mol. The Morgan fingerprint density at radius 3 is 2.83 bits per heavy atom. The van der Waals surface area contributed by atoms with Crippen LogP contribution in [0.1, 0.15) is 12.5 Å². The first-order chi connectivity index (χ1) is 5.74. The van der Waals surface area contributed by atoms with Gasteiger partial charge in [0.05, 0.1) is 0 Å². The van der Waals surface area contributed by atoms with Crippen LogP contribution in [0.5, 0.6) is 0 Å². The van der Waals surface area contributed by atoms with Gasteiger partial charge in [-0.1, -0.05) is 46.8 Å². The van der Waals surface area contributed by atoms with Gasteiger partial charge >= 0.3 is 0 Å². The van der Waals surface area contributed by atoms with Crippen molar-refractivity contribution in [1.82, 2.24) is 0 Å². The van der Waals surface area contributed by atoms with Gasteiger partial charge in [-0.05, 0) is 30.2 Å². The van der Waals surface area contributed by atoms with E-state index in [9.17, 15) is 0 Å². The molecule has 1 aromatic rings. The Kier molecular flexibility index (Phi) is 3.30. The van der Waals surface area contributed by atoms with Crippen molar-refractivity contribution in [2.75, 3.05) is 0 Å². The van der Waals surface area contributed by atoms with Crippen LogP contribution in [0.25, 0.3) is 5.57 Å². The SMILES string of the molecule is C=CC=C(C)c1cccc(Br)c1. The summed E-state index contributed by atoms with van der Waals surface area (Å²) in [4.78, 5) is 0. The number of rotatable bonds is 2.